The van der Waals surface area contributed by atoms with Gasteiger partial charge in [-0.2, -0.15) is 10.2 Å². The molecule has 4 heterocycles. The molecule has 28 heavy (non-hydrogen) atoms. The number of aromatic nitrogens is 4. The standard InChI is InChI=1S/C19H24F2N6O/c20-19(21)3-5-25(6-4-19)11-14-9-15-12-26(7-8-27(15)24-14)18(28)17-10-16(22-23-17)13-1-2-13/h9-10,13H,1-8,11-12H2,(H,22,23). The van der Waals surface area contributed by atoms with Gasteiger partial charge in [-0.15, -0.1) is 0 Å². The van der Waals surface area contributed by atoms with E-state index >= 15 is 0 Å². The SMILES string of the molecule is O=C(c1cc(C2CC2)[nH]n1)N1CCn2nc(CN3CCC(F)(F)CC3)cc2C1. The molecule has 2 aromatic rings. The molecule has 1 saturated carbocycles. The molecule has 3 aliphatic rings. The van der Waals surface area contributed by atoms with Crippen molar-refractivity contribution < 1.29 is 13.6 Å². The Hall–Kier alpha value is -2.29. The molecule has 7 nitrogen and oxygen atoms in total. The number of carbonyl (C=O) groups is 1. The van der Waals surface area contributed by atoms with E-state index in [9.17, 15) is 13.6 Å². The summed E-state index contributed by atoms with van der Waals surface area (Å²) in [7, 11) is 0. The Kier molecular flexibility index (Phi) is 4.22. The number of nitrogens with one attached hydrogen (secondary N) is 1. The van der Waals surface area contributed by atoms with Crippen molar-refractivity contribution in [1.29, 1.82) is 0 Å². The van der Waals surface area contributed by atoms with Gasteiger partial charge in [0.1, 0.15) is 5.69 Å². The molecule has 0 spiro atoms. The molecule has 1 aliphatic carbocycles. The summed E-state index contributed by atoms with van der Waals surface area (Å²) in [5.41, 5.74) is 3.39. The van der Waals surface area contributed by atoms with Crippen LogP contribution in [0.15, 0.2) is 12.1 Å². The lowest BCUT2D eigenvalue weighted by atomic mass is 10.1. The van der Waals surface area contributed by atoms with Crippen molar-refractivity contribution >= 4 is 5.91 Å². The largest absolute Gasteiger partial charge is 0.330 e. The number of fused-ring (bicyclic) bond motifs is 1. The van der Waals surface area contributed by atoms with Gasteiger partial charge in [-0.1, -0.05) is 0 Å². The molecule has 0 radical (unpaired) electrons. The van der Waals surface area contributed by atoms with Crippen molar-refractivity contribution in [1.82, 2.24) is 29.8 Å². The van der Waals surface area contributed by atoms with Gasteiger partial charge in [0, 0.05) is 50.6 Å². The number of alkyl halides is 2. The predicted octanol–water partition coefficient (Wildman–Crippen LogP) is 2.37. The van der Waals surface area contributed by atoms with Crippen LogP contribution in [-0.2, 0) is 19.6 Å². The molecule has 1 amide bonds. The summed E-state index contributed by atoms with van der Waals surface area (Å²) in [6, 6.07) is 3.87. The number of rotatable bonds is 4. The summed E-state index contributed by atoms with van der Waals surface area (Å²) in [5, 5.41) is 11.8. The Morgan fingerprint density at radius 2 is 1.96 bits per heavy atom. The minimum absolute atomic E-state index is 0.0598. The summed E-state index contributed by atoms with van der Waals surface area (Å²) < 4.78 is 28.6. The maximum absolute atomic E-state index is 13.3. The van der Waals surface area contributed by atoms with Gasteiger partial charge >= 0.3 is 0 Å². The molecule has 1 saturated heterocycles. The van der Waals surface area contributed by atoms with Crippen LogP contribution in [-0.4, -0.2) is 61.2 Å². The molecule has 2 aromatic heterocycles. The second kappa shape index (κ2) is 6.65. The van der Waals surface area contributed by atoms with Crippen LogP contribution in [0.2, 0.25) is 0 Å². The van der Waals surface area contributed by atoms with E-state index in [4.69, 9.17) is 0 Å². The highest BCUT2D eigenvalue weighted by Gasteiger charge is 2.34. The van der Waals surface area contributed by atoms with E-state index in [1.165, 1.54) is 0 Å². The van der Waals surface area contributed by atoms with Gasteiger partial charge in [-0.3, -0.25) is 19.5 Å². The number of amides is 1. The van der Waals surface area contributed by atoms with E-state index < -0.39 is 5.92 Å². The Labute approximate surface area is 161 Å². The van der Waals surface area contributed by atoms with Crippen molar-refractivity contribution in [3.63, 3.8) is 0 Å². The second-order valence-electron chi connectivity index (χ2n) is 8.19. The van der Waals surface area contributed by atoms with Gasteiger partial charge in [0.15, 0.2) is 0 Å². The number of hydrogen-bond donors (Lipinski definition) is 1. The zero-order chi connectivity index (χ0) is 19.3. The summed E-state index contributed by atoms with van der Waals surface area (Å²) in [6.45, 7) is 3.09. The minimum Gasteiger partial charge on any atom is -0.330 e. The Bertz CT molecular complexity index is 877. The van der Waals surface area contributed by atoms with Crippen LogP contribution >= 0.6 is 0 Å². The molecule has 5 rings (SSSR count). The number of nitrogens with zero attached hydrogens (tertiary/aromatic N) is 5. The zero-order valence-corrected chi connectivity index (χ0v) is 15.7. The zero-order valence-electron chi connectivity index (χ0n) is 15.7. The van der Waals surface area contributed by atoms with Crippen molar-refractivity contribution in [2.45, 2.75) is 57.2 Å². The maximum atomic E-state index is 13.3. The lowest BCUT2D eigenvalue weighted by molar-refractivity contribution is -0.0568. The first-order valence-electron chi connectivity index (χ1n) is 9.97. The lowest BCUT2D eigenvalue weighted by Gasteiger charge is -2.31. The van der Waals surface area contributed by atoms with Crippen LogP contribution in [0, 0.1) is 0 Å². The first kappa shape index (κ1) is 17.8. The van der Waals surface area contributed by atoms with E-state index in [-0.39, 0.29) is 18.7 Å². The summed E-state index contributed by atoms with van der Waals surface area (Å²) in [6.07, 6.45) is 2.15. The molecule has 0 aromatic carbocycles. The molecule has 0 atom stereocenters. The van der Waals surface area contributed by atoms with Crippen LogP contribution in [0.3, 0.4) is 0 Å². The predicted molar refractivity (Wildman–Crippen MR) is 97.0 cm³/mol. The fourth-order valence-electron chi connectivity index (χ4n) is 4.06. The number of hydrogen-bond acceptors (Lipinski definition) is 4. The minimum atomic E-state index is -2.53. The van der Waals surface area contributed by atoms with Crippen molar-refractivity contribution in [3.05, 3.63) is 34.9 Å². The van der Waals surface area contributed by atoms with Gasteiger partial charge < -0.3 is 4.90 Å². The normalized spacial score (nSPS) is 22.3. The Morgan fingerprint density at radius 3 is 2.71 bits per heavy atom. The number of piperidine rings is 1. The van der Waals surface area contributed by atoms with E-state index in [0.717, 1.165) is 29.9 Å². The Morgan fingerprint density at radius 1 is 1.18 bits per heavy atom. The van der Waals surface area contributed by atoms with E-state index in [0.29, 0.717) is 50.9 Å². The van der Waals surface area contributed by atoms with Crippen LogP contribution in [0.25, 0.3) is 0 Å². The summed E-state index contributed by atoms with van der Waals surface area (Å²) in [5.74, 6) is -2.05. The molecule has 150 valence electrons. The molecule has 0 unspecified atom stereocenters. The van der Waals surface area contributed by atoms with Crippen LogP contribution < -0.4 is 0 Å². The smallest absolute Gasteiger partial charge is 0.274 e. The number of likely N-dealkylation sites (tertiary alicyclic amines) is 1. The molecule has 0 bridgehead atoms. The highest BCUT2D eigenvalue weighted by Crippen LogP contribution is 2.39. The van der Waals surface area contributed by atoms with Crippen molar-refractivity contribution in [2.24, 2.45) is 0 Å². The molecule has 2 aliphatic heterocycles. The fourth-order valence-corrected chi connectivity index (χ4v) is 4.06. The van der Waals surface area contributed by atoms with E-state index in [2.05, 4.69) is 15.3 Å². The monoisotopic (exact) mass is 390 g/mol. The van der Waals surface area contributed by atoms with Gasteiger partial charge in [0.2, 0.25) is 0 Å². The highest BCUT2D eigenvalue weighted by atomic mass is 19.3. The first-order chi connectivity index (χ1) is 13.5. The average molecular weight is 390 g/mol. The summed E-state index contributed by atoms with van der Waals surface area (Å²) in [4.78, 5) is 16.6. The Balaban J connectivity index is 1.22. The van der Waals surface area contributed by atoms with E-state index in [1.54, 1.807) is 4.90 Å². The quantitative estimate of drug-likeness (QED) is 0.870. The molecular formula is C19H24F2N6O. The second-order valence-corrected chi connectivity index (χ2v) is 8.19. The van der Waals surface area contributed by atoms with Gasteiger partial charge in [0.05, 0.1) is 24.5 Å². The highest BCUT2D eigenvalue weighted by molar-refractivity contribution is 5.92. The molecule has 9 heteroatoms. The maximum Gasteiger partial charge on any atom is 0.274 e. The molecular weight excluding hydrogens is 366 g/mol. The molecule has 2 fully saturated rings. The van der Waals surface area contributed by atoms with Crippen molar-refractivity contribution in [3.8, 4) is 0 Å². The van der Waals surface area contributed by atoms with Crippen LogP contribution in [0.4, 0.5) is 8.78 Å². The molecule has 1 N–H and O–H groups in total. The topological polar surface area (TPSA) is 70.0 Å². The summed E-state index contributed by atoms with van der Waals surface area (Å²) >= 11 is 0. The lowest BCUT2D eigenvalue weighted by Crippen LogP contribution is -2.39. The van der Waals surface area contributed by atoms with E-state index in [1.807, 2.05) is 21.7 Å². The number of aromatic amines is 1. The van der Waals surface area contributed by atoms with Crippen LogP contribution in [0.5, 0.6) is 0 Å². The first-order valence-corrected chi connectivity index (χ1v) is 9.97. The third kappa shape index (κ3) is 3.55. The van der Waals surface area contributed by atoms with Gasteiger partial charge in [-0.25, -0.2) is 8.78 Å². The van der Waals surface area contributed by atoms with Gasteiger partial charge in [0.25, 0.3) is 11.8 Å². The number of halogens is 2. The van der Waals surface area contributed by atoms with Gasteiger partial charge in [-0.05, 0) is 25.0 Å². The third-order valence-corrected chi connectivity index (χ3v) is 5.94. The fraction of sp³-hybridized carbons (Fsp3) is 0.632. The average Bonchev–Trinajstić information content (AvgIpc) is 3.26. The van der Waals surface area contributed by atoms with Crippen molar-refractivity contribution in [2.75, 3.05) is 19.6 Å². The third-order valence-electron chi connectivity index (χ3n) is 5.94. The van der Waals surface area contributed by atoms with Crippen LogP contribution in [0.1, 0.15) is 59.2 Å². The number of carbonyl (C=O) groups excluding carboxylic acids is 1. The number of H-pyrrole nitrogens is 1.